The summed E-state index contributed by atoms with van der Waals surface area (Å²) in [7, 11) is 0. The Kier molecular flexibility index (Phi) is 8.05. The van der Waals surface area contributed by atoms with Gasteiger partial charge in [-0.25, -0.2) is 4.79 Å². The van der Waals surface area contributed by atoms with E-state index in [9.17, 15) is 24.3 Å². The van der Waals surface area contributed by atoms with E-state index in [4.69, 9.17) is 0 Å². The Hall–Kier alpha value is -4.11. The van der Waals surface area contributed by atoms with Gasteiger partial charge < -0.3 is 21.1 Å². The number of anilines is 3. The van der Waals surface area contributed by atoms with Crippen molar-refractivity contribution in [3.63, 3.8) is 0 Å². The third-order valence-electron chi connectivity index (χ3n) is 4.65. The van der Waals surface area contributed by atoms with Crippen LogP contribution >= 0.6 is 11.8 Å². The highest BCUT2D eigenvalue weighted by Crippen LogP contribution is 2.27. The lowest BCUT2D eigenvalue weighted by atomic mass is 10.1. The summed E-state index contributed by atoms with van der Waals surface area (Å²) < 4.78 is 0. The van der Waals surface area contributed by atoms with Crippen LogP contribution in [0.5, 0.6) is 0 Å². The average Bonchev–Trinajstić information content (AvgIpc) is 2.80. The molecule has 9 heteroatoms. The van der Waals surface area contributed by atoms with Crippen LogP contribution in [-0.4, -0.2) is 34.0 Å². The SMILES string of the molecule is CC(=O)Nc1ccc(NC(=O)C(C)Sc2cccc(NC(=O)c3ccccc3C(=O)O)c2)cc1. The predicted octanol–water partition coefficient (Wildman–Crippen LogP) is 4.71. The highest BCUT2D eigenvalue weighted by atomic mass is 32.2. The van der Waals surface area contributed by atoms with E-state index in [-0.39, 0.29) is 22.9 Å². The molecule has 3 aromatic carbocycles. The number of carbonyl (C=O) groups is 4. The highest BCUT2D eigenvalue weighted by molar-refractivity contribution is 8.00. The van der Waals surface area contributed by atoms with Crippen LogP contribution in [-0.2, 0) is 9.59 Å². The van der Waals surface area contributed by atoms with E-state index in [0.717, 1.165) is 4.90 Å². The van der Waals surface area contributed by atoms with Crippen molar-refractivity contribution >= 4 is 52.5 Å². The molecule has 3 aromatic rings. The lowest BCUT2D eigenvalue weighted by Crippen LogP contribution is -2.22. The van der Waals surface area contributed by atoms with Crippen LogP contribution in [0.1, 0.15) is 34.6 Å². The summed E-state index contributed by atoms with van der Waals surface area (Å²) in [5, 5.41) is 17.1. The van der Waals surface area contributed by atoms with Crippen LogP contribution in [0.25, 0.3) is 0 Å². The minimum atomic E-state index is -1.18. The Morgan fingerprint density at radius 1 is 0.765 bits per heavy atom. The number of hydrogen-bond donors (Lipinski definition) is 4. The number of aromatic carboxylic acids is 1. The molecule has 0 spiro atoms. The van der Waals surface area contributed by atoms with Crippen LogP contribution < -0.4 is 16.0 Å². The zero-order valence-corrected chi connectivity index (χ0v) is 19.3. The highest BCUT2D eigenvalue weighted by Gasteiger charge is 2.17. The van der Waals surface area contributed by atoms with Gasteiger partial charge in [0.15, 0.2) is 0 Å². The number of amides is 3. The van der Waals surface area contributed by atoms with Gasteiger partial charge >= 0.3 is 5.97 Å². The standard InChI is InChI=1S/C25H23N3O5S/c1-15(23(30)27-18-12-10-17(11-13-18)26-16(2)29)34-20-7-5-6-19(14-20)28-24(31)21-8-3-4-9-22(21)25(32)33/h3-15H,1-2H3,(H,26,29)(H,27,30)(H,28,31)(H,32,33). The van der Waals surface area contributed by atoms with E-state index in [0.29, 0.717) is 17.1 Å². The van der Waals surface area contributed by atoms with E-state index in [2.05, 4.69) is 16.0 Å². The molecule has 1 atom stereocenters. The summed E-state index contributed by atoms with van der Waals surface area (Å²) in [5.41, 5.74) is 1.70. The fraction of sp³-hybridized carbons (Fsp3) is 0.120. The Balaban J connectivity index is 1.62. The molecule has 0 aliphatic rings. The maximum atomic E-state index is 12.6. The predicted molar refractivity (Wildman–Crippen MR) is 132 cm³/mol. The number of nitrogens with one attached hydrogen (secondary N) is 3. The first-order valence-corrected chi connectivity index (χ1v) is 11.2. The second-order valence-corrected chi connectivity index (χ2v) is 8.75. The van der Waals surface area contributed by atoms with Crippen molar-refractivity contribution in [2.75, 3.05) is 16.0 Å². The molecule has 3 rings (SSSR count). The molecule has 4 N–H and O–H groups in total. The van der Waals surface area contributed by atoms with Gasteiger partial charge in [0.1, 0.15) is 0 Å². The second-order valence-electron chi connectivity index (χ2n) is 7.34. The molecule has 0 fully saturated rings. The molecule has 0 aromatic heterocycles. The molecule has 34 heavy (non-hydrogen) atoms. The number of carbonyl (C=O) groups excluding carboxylic acids is 3. The van der Waals surface area contributed by atoms with Crippen molar-refractivity contribution in [3.05, 3.63) is 83.9 Å². The van der Waals surface area contributed by atoms with E-state index in [1.54, 1.807) is 61.5 Å². The Morgan fingerprint density at radius 2 is 1.38 bits per heavy atom. The monoisotopic (exact) mass is 477 g/mol. The summed E-state index contributed by atoms with van der Waals surface area (Å²) in [6.45, 7) is 3.18. The summed E-state index contributed by atoms with van der Waals surface area (Å²) in [4.78, 5) is 48.4. The van der Waals surface area contributed by atoms with Gasteiger partial charge in [0.05, 0.1) is 16.4 Å². The average molecular weight is 478 g/mol. The van der Waals surface area contributed by atoms with Gasteiger partial charge in [-0.2, -0.15) is 0 Å². The second kappa shape index (κ2) is 11.2. The van der Waals surface area contributed by atoms with E-state index in [1.165, 1.54) is 30.8 Å². The number of thioether (sulfide) groups is 1. The number of rotatable bonds is 8. The fourth-order valence-electron chi connectivity index (χ4n) is 3.05. The molecule has 8 nitrogen and oxygen atoms in total. The van der Waals surface area contributed by atoms with Crippen molar-refractivity contribution in [1.29, 1.82) is 0 Å². The van der Waals surface area contributed by atoms with Crippen LogP contribution in [0.3, 0.4) is 0 Å². The van der Waals surface area contributed by atoms with Crippen molar-refractivity contribution in [3.8, 4) is 0 Å². The molecule has 3 amide bonds. The van der Waals surface area contributed by atoms with Crippen molar-refractivity contribution in [1.82, 2.24) is 0 Å². The first-order chi connectivity index (χ1) is 16.2. The quantitative estimate of drug-likeness (QED) is 0.348. The zero-order chi connectivity index (χ0) is 24.7. The lowest BCUT2D eigenvalue weighted by molar-refractivity contribution is -0.115. The molecule has 1 unspecified atom stereocenters. The number of benzene rings is 3. The molecule has 0 saturated carbocycles. The van der Waals surface area contributed by atoms with Crippen molar-refractivity contribution in [2.24, 2.45) is 0 Å². The normalized spacial score (nSPS) is 11.2. The molecule has 0 heterocycles. The van der Waals surface area contributed by atoms with E-state index < -0.39 is 17.1 Å². The van der Waals surface area contributed by atoms with Crippen molar-refractivity contribution < 1.29 is 24.3 Å². The van der Waals surface area contributed by atoms with Gasteiger partial charge in [-0.15, -0.1) is 11.8 Å². The largest absolute Gasteiger partial charge is 0.478 e. The smallest absolute Gasteiger partial charge is 0.336 e. The van der Waals surface area contributed by atoms with Gasteiger partial charge in [-0.1, -0.05) is 18.2 Å². The molecule has 0 aliphatic carbocycles. The van der Waals surface area contributed by atoms with E-state index >= 15 is 0 Å². The zero-order valence-electron chi connectivity index (χ0n) is 18.5. The fourth-order valence-corrected chi connectivity index (χ4v) is 3.98. The van der Waals surface area contributed by atoms with Crippen molar-refractivity contribution in [2.45, 2.75) is 24.0 Å². The van der Waals surface area contributed by atoms with Gasteiger partial charge in [-0.3, -0.25) is 14.4 Å². The third-order valence-corrected chi connectivity index (χ3v) is 5.74. The molecule has 0 bridgehead atoms. The third kappa shape index (κ3) is 6.69. The summed E-state index contributed by atoms with van der Waals surface area (Å²) in [5.74, 6) is -2.10. The summed E-state index contributed by atoms with van der Waals surface area (Å²) in [6, 6.07) is 19.7. The molecular weight excluding hydrogens is 454 g/mol. The maximum absolute atomic E-state index is 12.6. The van der Waals surface area contributed by atoms with E-state index in [1.807, 2.05) is 6.07 Å². The van der Waals surface area contributed by atoms with Gasteiger partial charge in [-0.05, 0) is 61.5 Å². The minimum absolute atomic E-state index is 0.0605. The Labute approximate surface area is 200 Å². The number of carboxylic acid groups (broad SMARTS) is 1. The van der Waals surface area contributed by atoms with Gasteiger partial charge in [0, 0.05) is 28.9 Å². The Morgan fingerprint density at radius 3 is 2.00 bits per heavy atom. The first kappa shape index (κ1) is 24.5. The molecule has 174 valence electrons. The topological polar surface area (TPSA) is 125 Å². The number of hydrogen-bond acceptors (Lipinski definition) is 5. The summed E-state index contributed by atoms with van der Waals surface area (Å²) >= 11 is 1.31. The maximum Gasteiger partial charge on any atom is 0.336 e. The van der Waals surface area contributed by atoms with Crippen LogP contribution in [0.15, 0.2) is 77.7 Å². The molecular formula is C25H23N3O5S. The molecule has 0 radical (unpaired) electrons. The van der Waals surface area contributed by atoms with Crippen LogP contribution in [0.2, 0.25) is 0 Å². The van der Waals surface area contributed by atoms with Gasteiger partial charge in [0.25, 0.3) is 5.91 Å². The Bertz CT molecular complexity index is 1230. The van der Waals surface area contributed by atoms with Crippen LogP contribution in [0, 0.1) is 0 Å². The lowest BCUT2D eigenvalue weighted by Gasteiger charge is -2.14. The molecule has 0 saturated heterocycles. The first-order valence-electron chi connectivity index (χ1n) is 10.3. The molecule has 0 aliphatic heterocycles. The summed E-state index contributed by atoms with van der Waals surface area (Å²) in [6.07, 6.45) is 0. The number of carboxylic acids is 1. The van der Waals surface area contributed by atoms with Crippen LogP contribution in [0.4, 0.5) is 17.1 Å². The van der Waals surface area contributed by atoms with Gasteiger partial charge in [0.2, 0.25) is 11.8 Å². The minimum Gasteiger partial charge on any atom is -0.478 e.